The van der Waals surface area contributed by atoms with Gasteiger partial charge in [0.05, 0.1) is 18.6 Å². The zero-order chi connectivity index (χ0) is 24.5. The molecular weight excluding hydrogens is 450 g/mol. The Morgan fingerprint density at radius 3 is 2.24 bits per heavy atom. The van der Waals surface area contributed by atoms with E-state index in [0.29, 0.717) is 37.5 Å². The smallest absolute Gasteiger partial charge is 0.243 e. The molecule has 1 saturated heterocycles. The van der Waals surface area contributed by atoms with E-state index >= 15 is 0 Å². The minimum Gasteiger partial charge on any atom is -0.496 e. The van der Waals surface area contributed by atoms with Crippen molar-refractivity contribution in [2.45, 2.75) is 25.7 Å². The molecule has 0 N–H and O–H groups in total. The van der Waals surface area contributed by atoms with Crippen molar-refractivity contribution in [3.8, 4) is 11.4 Å². The van der Waals surface area contributed by atoms with Gasteiger partial charge in [0.1, 0.15) is 5.75 Å². The third kappa shape index (κ3) is 4.66. The molecule has 0 radical (unpaired) electrons. The standard InChI is InChI=1S/C26H31N3O4S/c1-19-16-23(10-11-26(19)33-4)34(31,32)28-14-12-27(13-15-28)18-25(30)24-17-20(2)29(21(24)3)22-8-6-5-7-9-22/h5-11,16-17H,12-15,18H2,1-4H3. The zero-order valence-corrected chi connectivity index (χ0v) is 20.9. The molecule has 7 nitrogen and oxygen atoms in total. The number of methoxy groups -OCH3 is 1. The number of benzene rings is 2. The number of aromatic nitrogens is 1. The third-order valence-corrected chi connectivity index (χ3v) is 8.34. The first-order valence-electron chi connectivity index (χ1n) is 11.4. The number of aryl methyl sites for hydroxylation is 2. The molecule has 1 aliphatic rings. The Kier molecular flexibility index (Phi) is 6.93. The van der Waals surface area contributed by atoms with Crippen LogP contribution in [-0.2, 0) is 10.0 Å². The van der Waals surface area contributed by atoms with Gasteiger partial charge in [-0.1, -0.05) is 18.2 Å². The van der Waals surface area contributed by atoms with E-state index in [-0.39, 0.29) is 17.2 Å². The van der Waals surface area contributed by atoms with Crippen molar-refractivity contribution < 1.29 is 17.9 Å². The van der Waals surface area contributed by atoms with Gasteiger partial charge < -0.3 is 9.30 Å². The van der Waals surface area contributed by atoms with Gasteiger partial charge in [-0.2, -0.15) is 4.31 Å². The maximum atomic E-state index is 13.1. The van der Waals surface area contributed by atoms with E-state index in [1.54, 1.807) is 25.3 Å². The number of carbonyl (C=O) groups excluding carboxylic acids is 1. The molecule has 0 unspecified atom stereocenters. The van der Waals surface area contributed by atoms with Crippen molar-refractivity contribution in [2.24, 2.45) is 0 Å². The second-order valence-corrected chi connectivity index (χ2v) is 10.6. The summed E-state index contributed by atoms with van der Waals surface area (Å²) in [5.41, 5.74) is 4.46. The summed E-state index contributed by atoms with van der Waals surface area (Å²) in [5, 5.41) is 0. The molecule has 0 atom stereocenters. The minimum absolute atomic E-state index is 0.0531. The Balaban J connectivity index is 1.42. The SMILES string of the molecule is COc1ccc(S(=O)(=O)N2CCN(CC(=O)c3cc(C)n(-c4ccccc4)c3C)CC2)cc1C. The summed E-state index contributed by atoms with van der Waals surface area (Å²) in [4.78, 5) is 15.4. The third-order valence-electron chi connectivity index (χ3n) is 6.45. The number of ketones is 1. The Morgan fingerprint density at radius 1 is 0.941 bits per heavy atom. The van der Waals surface area contributed by atoms with Crippen LogP contribution in [-0.4, -0.2) is 67.8 Å². The lowest BCUT2D eigenvalue weighted by Crippen LogP contribution is -2.49. The van der Waals surface area contributed by atoms with Crippen LogP contribution in [0.5, 0.6) is 5.75 Å². The highest BCUT2D eigenvalue weighted by molar-refractivity contribution is 7.89. The van der Waals surface area contributed by atoms with Crippen molar-refractivity contribution in [3.05, 3.63) is 77.1 Å². The van der Waals surface area contributed by atoms with Crippen molar-refractivity contribution in [1.29, 1.82) is 0 Å². The zero-order valence-electron chi connectivity index (χ0n) is 20.1. The number of piperazine rings is 1. The number of hydrogen-bond donors (Lipinski definition) is 0. The molecule has 0 amide bonds. The number of ether oxygens (including phenoxy) is 1. The van der Waals surface area contributed by atoms with Crippen molar-refractivity contribution in [1.82, 2.24) is 13.8 Å². The van der Waals surface area contributed by atoms with E-state index in [1.165, 1.54) is 4.31 Å². The van der Waals surface area contributed by atoms with E-state index in [1.807, 2.05) is 62.1 Å². The van der Waals surface area contributed by atoms with Crippen LogP contribution in [0.15, 0.2) is 59.5 Å². The van der Waals surface area contributed by atoms with Crippen molar-refractivity contribution in [3.63, 3.8) is 0 Å². The first kappa shape index (κ1) is 24.2. The molecule has 4 rings (SSSR count). The Labute approximate surface area is 201 Å². The lowest BCUT2D eigenvalue weighted by molar-refractivity contribution is 0.0901. The maximum Gasteiger partial charge on any atom is 0.243 e. The molecule has 0 saturated carbocycles. The van der Waals surface area contributed by atoms with Gasteiger partial charge in [-0.3, -0.25) is 9.69 Å². The van der Waals surface area contributed by atoms with Crippen molar-refractivity contribution in [2.75, 3.05) is 39.8 Å². The summed E-state index contributed by atoms with van der Waals surface area (Å²) in [5.74, 6) is 0.714. The fourth-order valence-electron chi connectivity index (χ4n) is 4.60. The van der Waals surface area contributed by atoms with Gasteiger partial charge in [-0.05, 0) is 62.7 Å². The van der Waals surface area contributed by atoms with Gasteiger partial charge in [0, 0.05) is 48.8 Å². The Morgan fingerprint density at radius 2 is 1.62 bits per heavy atom. The molecule has 2 heterocycles. The van der Waals surface area contributed by atoms with E-state index in [4.69, 9.17) is 4.74 Å². The number of rotatable bonds is 7. The van der Waals surface area contributed by atoms with Gasteiger partial charge in [-0.25, -0.2) is 8.42 Å². The molecule has 180 valence electrons. The molecule has 1 aromatic heterocycles. The van der Waals surface area contributed by atoms with Gasteiger partial charge in [-0.15, -0.1) is 0 Å². The summed E-state index contributed by atoms with van der Waals surface area (Å²) in [6.07, 6.45) is 0. The molecular formula is C26H31N3O4S. The molecule has 1 fully saturated rings. The fraction of sp³-hybridized carbons (Fsp3) is 0.346. The highest BCUT2D eigenvalue weighted by Crippen LogP contribution is 2.25. The first-order chi connectivity index (χ1) is 16.2. The lowest BCUT2D eigenvalue weighted by Gasteiger charge is -2.33. The number of Topliss-reactive ketones (excluding diaryl/α,β-unsaturated/α-hetero) is 1. The summed E-state index contributed by atoms with van der Waals surface area (Å²) in [6, 6.07) is 16.8. The quantitative estimate of drug-likeness (QED) is 0.482. The number of nitrogens with zero attached hydrogens (tertiary/aromatic N) is 3. The predicted octanol–water partition coefficient (Wildman–Crippen LogP) is 3.60. The lowest BCUT2D eigenvalue weighted by atomic mass is 10.1. The second-order valence-electron chi connectivity index (χ2n) is 8.69. The van der Waals surface area contributed by atoms with E-state index in [0.717, 1.165) is 22.6 Å². The average molecular weight is 482 g/mol. The largest absolute Gasteiger partial charge is 0.496 e. The highest BCUT2D eigenvalue weighted by atomic mass is 32.2. The van der Waals surface area contributed by atoms with Crippen LogP contribution in [0.4, 0.5) is 0 Å². The predicted molar refractivity (Wildman–Crippen MR) is 133 cm³/mol. The van der Waals surface area contributed by atoms with Crippen LogP contribution in [0.2, 0.25) is 0 Å². The van der Waals surface area contributed by atoms with Gasteiger partial charge >= 0.3 is 0 Å². The van der Waals surface area contributed by atoms with Crippen LogP contribution in [0.25, 0.3) is 5.69 Å². The number of sulfonamides is 1. The number of carbonyl (C=O) groups is 1. The molecule has 0 aliphatic carbocycles. The van der Waals surface area contributed by atoms with Crippen LogP contribution >= 0.6 is 0 Å². The summed E-state index contributed by atoms with van der Waals surface area (Å²) < 4.78 is 35.0. The summed E-state index contributed by atoms with van der Waals surface area (Å²) in [6.45, 7) is 7.79. The monoisotopic (exact) mass is 481 g/mol. The van der Waals surface area contributed by atoms with Crippen LogP contribution in [0.3, 0.4) is 0 Å². The minimum atomic E-state index is -3.59. The topological polar surface area (TPSA) is 71.9 Å². The number of hydrogen-bond acceptors (Lipinski definition) is 5. The van der Waals surface area contributed by atoms with E-state index < -0.39 is 10.0 Å². The first-order valence-corrected chi connectivity index (χ1v) is 12.8. The number of para-hydroxylation sites is 1. The molecule has 0 spiro atoms. The van der Waals surface area contributed by atoms with Crippen molar-refractivity contribution >= 4 is 15.8 Å². The van der Waals surface area contributed by atoms with Crippen LogP contribution in [0.1, 0.15) is 27.3 Å². The Bertz CT molecular complexity index is 1290. The molecule has 1 aliphatic heterocycles. The molecule has 3 aromatic rings. The van der Waals surface area contributed by atoms with E-state index in [9.17, 15) is 13.2 Å². The van der Waals surface area contributed by atoms with Gasteiger partial charge in [0.2, 0.25) is 10.0 Å². The van der Waals surface area contributed by atoms with Crippen LogP contribution in [0, 0.1) is 20.8 Å². The molecule has 34 heavy (non-hydrogen) atoms. The molecule has 0 bridgehead atoms. The fourth-order valence-corrected chi connectivity index (χ4v) is 6.10. The summed E-state index contributed by atoms with van der Waals surface area (Å²) in [7, 11) is -2.02. The Hall–Kier alpha value is -2.94. The molecule has 2 aromatic carbocycles. The molecule has 8 heteroatoms. The maximum absolute atomic E-state index is 13.1. The van der Waals surface area contributed by atoms with Gasteiger partial charge in [0.15, 0.2) is 5.78 Å². The average Bonchev–Trinajstić information content (AvgIpc) is 3.13. The summed E-state index contributed by atoms with van der Waals surface area (Å²) >= 11 is 0. The van der Waals surface area contributed by atoms with E-state index in [2.05, 4.69) is 4.57 Å². The highest BCUT2D eigenvalue weighted by Gasteiger charge is 2.30. The van der Waals surface area contributed by atoms with Crippen LogP contribution < -0.4 is 4.74 Å². The second kappa shape index (κ2) is 9.74. The van der Waals surface area contributed by atoms with Gasteiger partial charge in [0.25, 0.3) is 0 Å². The normalized spacial score (nSPS) is 15.4.